The zero-order chi connectivity index (χ0) is 19.1. The Bertz CT molecular complexity index is 417. The minimum absolute atomic E-state index is 0.145. The summed E-state index contributed by atoms with van der Waals surface area (Å²) in [6, 6.07) is 11.1. The van der Waals surface area contributed by atoms with E-state index in [1.807, 2.05) is 45.9 Å². The van der Waals surface area contributed by atoms with Crippen LogP contribution in [0.1, 0.15) is 46.6 Å². The molecule has 1 amide bonds. The van der Waals surface area contributed by atoms with Gasteiger partial charge in [-0.1, -0.05) is 58.0 Å². The molecule has 0 N–H and O–H groups in total. The second kappa shape index (κ2) is 14.9. The van der Waals surface area contributed by atoms with E-state index in [4.69, 9.17) is 4.74 Å². The van der Waals surface area contributed by atoms with Gasteiger partial charge in [0.05, 0.1) is 12.7 Å². The molecule has 0 spiro atoms. The monoisotopic (exact) mass is 350 g/mol. The summed E-state index contributed by atoms with van der Waals surface area (Å²) in [6.07, 6.45) is 3.33. The minimum atomic E-state index is 0.145. The highest BCUT2D eigenvalue weighted by Gasteiger charge is 2.19. The molecule has 25 heavy (non-hydrogen) atoms. The summed E-state index contributed by atoms with van der Waals surface area (Å²) in [5, 5.41) is 0. The average Bonchev–Trinajstić information content (AvgIpc) is 2.71. The lowest BCUT2D eigenvalue weighted by Crippen LogP contribution is -2.42. The molecule has 0 aliphatic carbocycles. The molecule has 4 nitrogen and oxygen atoms in total. The third kappa shape index (κ3) is 9.61. The molecule has 0 saturated carbocycles. The Balaban J connectivity index is 0.000000481. The molecule has 2 atom stereocenters. The van der Waals surface area contributed by atoms with E-state index >= 15 is 0 Å². The number of rotatable bonds is 3. The fourth-order valence-corrected chi connectivity index (χ4v) is 2.48. The second-order valence-corrected chi connectivity index (χ2v) is 5.90. The summed E-state index contributed by atoms with van der Waals surface area (Å²) in [6.45, 7) is 13.6. The Kier molecular flexibility index (Phi) is 14.1. The van der Waals surface area contributed by atoms with Crippen LogP contribution < -0.4 is 0 Å². The normalized spacial score (nSPS) is 21.9. The van der Waals surface area contributed by atoms with Crippen molar-refractivity contribution in [2.24, 2.45) is 0 Å². The largest absolute Gasteiger partial charge is 0.374 e. The van der Waals surface area contributed by atoms with Crippen molar-refractivity contribution in [3.05, 3.63) is 35.9 Å². The Morgan fingerprint density at radius 1 is 1.12 bits per heavy atom. The maximum absolute atomic E-state index is 10.6. The summed E-state index contributed by atoms with van der Waals surface area (Å²) >= 11 is 0. The standard InChI is InChI=1S/C12H15NO2.C5H11N.2C2H6/c14-10-13-6-7-15-12(9-13)8-11-4-2-1-3-5-11;1-5-3-4-6(5)2;2*1-2/h1-5,10,12H,6-9H2;5H,3-4H2,1-2H3;2*1-2H3. The van der Waals surface area contributed by atoms with Crippen LogP contribution in [-0.2, 0) is 16.0 Å². The number of amides is 1. The van der Waals surface area contributed by atoms with Crippen LogP contribution in [0.4, 0.5) is 0 Å². The SMILES string of the molecule is CC.CC.CC1CCN1C.O=CN1CCOC(Cc2ccccc2)C1. The van der Waals surface area contributed by atoms with E-state index in [-0.39, 0.29) is 6.10 Å². The highest BCUT2D eigenvalue weighted by molar-refractivity contribution is 5.47. The van der Waals surface area contributed by atoms with Crippen LogP contribution in [-0.4, -0.2) is 61.6 Å². The first-order valence-corrected chi connectivity index (χ1v) is 9.74. The molecule has 2 saturated heterocycles. The molecule has 2 unspecified atom stereocenters. The van der Waals surface area contributed by atoms with Gasteiger partial charge in [-0.3, -0.25) is 4.79 Å². The van der Waals surface area contributed by atoms with Gasteiger partial charge in [0, 0.05) is 25.6 Å². The first-order chi connectivity index (χ1) is 12.2. The highest BCUT2D eigenvalue weighted by atomic mass is 16.5. The maximum atomic E-state index is 10.6. The van der Waals surface area contributed by atoms with Crippen LogP contribution in [0.15, 0.2) is 30.3 Å². The summed E-state index contributed by atoms with van der Waals surface area (Å²) < 4.78 is 5.61. The van der Waals surface area contributed by atoms with Gasteiger partial charge in [0.25, 0.3) is 0 Å². The average molecular weight is 351 g/mol. The molecule has 1 aromatic rings. The minimum Gasteiger partial charge on any atom is -0.374 e. The van der Waals surface area contributed by atoms with Gasteiger partial charge < -0.3 is 14.5 Å². The number of ether oxygens (including phenoxy) is 1. The van der Waals surface area contributed by atoms with Crippen LogP contribution in [0.3, 0.4) is 0 Å². The van der Waals surface area contributed by atoms with Crippen molar-refractivity contribution < 1.29 is 9.53 Å². The van der Waals surface area contributed by atoms with E-state index in [1.165, 1.54) is 18.5 Å². The third-order valence-electron chi connectivity index (χ3n) is 4.28. The zero-order valence-electron chi connectivity index (χ0n) is 17.1. The van der Waals surface area contributed by atoms with Crippen LogP contribution in [0.2, 0.25) is 0 Å². The van der Waals surface area contributed by atoms with Crippen LogP contribution in [0, 0.1) is 0 Å². The molecule has 0 radical (unpaired) electrons. The molecule has 2 aliphatic rings. The van der Waals surface area contributed by atoms with Crippen molar-refractivity contribution in [3.63, 3.8) is 0 Å². The summed E-state index contributed by atoms with van der Waals surface area (Å²) in [7, 11) is 2.16. The van der Waals surface area contributed by atoms with Crippen LogP contribution in [0.5, 0.6) is 0 Å². The molecule has 2 heterocycles. The van der Waals surface area contributed by atoms with E-state index in [0.29, 0.717) is 13.2 Å². The fraction of sp³-hybridized carbons (Fsp3) is 0.667. The van der Waals surface area contributed by atoms with Crippen molar-refractivity contribution in [3.8, 4) is 0 Å². The number of benzene rings is 1. The van der Waals surface area contributed by atoms with Crippen molar-refractivity contribution in [1.29, 1.82) is 0 Å². The number of morpholine rings is 1. The van der Waals surface area contributed by atoms with E-state index in [0.717, 1.165) is 25.4 Å². The van der Waals surface area contributed by atoms with Gasteiger partial charge >= 0.3 is 0 Å². The van der Waals surface area contributed by atoms with Gasteiger partial charge in [-0.25, -0.2) is 0 Å². The fourth-order valence-electron chi connectivity index (χ4n) is 2.48. The number of hydrogen-bond donors (Lipinski definition) is 0. The quantitative estimate of drug-likeness (QED) is 0.776. The molecular weight excluding hydrogens is 312 g/mol. The Morgan fingerprint density at radius 3 is 2.16 bits per heavy atom. The lowest BCUT2D eigenvalue weighted by molar-refractivity contribution is -0.125. The molecule has 4 heteroatoms. The van der Waals surface area contributed by atoms with Crippen molar-refractivity contribution in [2.75, 3.05) is 33.3 Å². The predicted octanol–water partition coefficient (Wildman–Crippen LogP) is 3.85. The number of nitrogens with zero attached hydrogens (tertiary/aromatic N) is 2. The Hall–Kier alpha value is -1.39. The Labute approximate surface area is 155 Å². The van der Waals surface area contributed by atoms with Crippen LogP contribution in [0.25, 0.3) is 0 Å². The van der Waals surface area contributed by atoms with Crippen molar-refractivity contribution >= 4 is 6.41 Å². The number of likely N-dealkylation sites (tertiary alicyclic amines) is 1. The Morgan fingerprint density at radius 2 is 1.72 bits per heavy atom. The number of hydrogen-bond acceptors (Lipinski definition) is 3. The molecule has 144 valence electrons. The summed E-state index contributed by atoms with van der Waals surface area (Å²) in [4.78, 5) is 14.8. The summed E-state index contributed by atoms with van der Waals surface area (Å²) in [5.74, 6) is 0. The van der Waals surface area contributed by atoms with Crippen LogP contribution >= 0.6 is 0 Å². The summed E-state index contributed by atoms with van der Waals surface area (Å²) in [5.41, 5.74) is 1.26. The predicted molar refractivity (Wildman–Crippen MR) is 107 cm³/mol. The van der Waals surface area contributed by atoms with E-state index in [2.05, 4.69) is 31.0 Å². The highest BCUT2D eigenvalue weighted by Crippen LogP contribution is 2.11. The zero-order valence-corrected chi connectivity index (χ0v) is 17.1. The van der Waals surface area contributed by atoms with E-state index in [9.17, 15) is 4.79 Å². The molecule has 2 aliphatic heterocycles. The lowest BCUT2D eigenvalue weighted by atomic mass is 10.1. The molecule has 0 aromatic heterocycles. The van der Waals surface area contributed by atoms with Gasteiger partial charge in [-0.05, 0) is 32.5 Å². The molecule has 3 rings (SSSR count). The molecule has 2 fully saturated rings. The number of carbonyl (C=O) groups excluding carboxylic acids is 1. The molecular formula is C21H38N2O2. The van der Waals surface area contributed by atoms with Gasteiger partial charge in [-0.15, -0.1) is 0 Å². The lowest BCUT2D eigenvalue weighted by Gasteiger charge is -2.34. The van der Waals surface area contributed by atoms with Crippen molar-refractivity contribution in [2.45, 2.75) is 59.6 Å². The van der Waals surface area contributed by atoms with Gasteiger partial charge in [0.15, 0.2) is 0 Å². The first kappa shape index (κ1) is 23.6. The smallest absolute Gasteiger partial charge is 0.209 e. The van der Waals surface area contributed by atoms with Crippen molar-refractivity contribution in [1.82, 2.24) is 9.80 Å². The molecule has 0 bridgehead atoms. The first-order valence-electron chi connectivity index (χ1n) is 9.74. The topological polar surface area (TPSA) is 32.8 Å². The van der Waals surface area contributed by atoms with E-state index in [1.54, 1.807) is 4.90 Å². The maximum Gasteiger partial charge on any atom is 0.209 e. The van der Waals surface area contributed by atoms with E-state index < -0.39 is 0 Å². The van der Waals surface area contributed by atoms with Gasteiger partial charge in [0.2, 0.25) is 6.41 Å². The molecule has 1 aromatic carbocycles. The van der Waals surface area contributed by atoms with Gasteiger partial charge in [0.1, 0.15) is 0 Å². The second-order valence-electron chi connectivity index (χ2n) is 5.90. The number of carbonyl (C=O) groups is 1. The van der Waals surface area contributed by atoms with Gasteiger partial charge in [-0.2, -0.15) is 0 Å². The third-order valence-corrected chi connectivity index (χ3v) is 4.28.